The Hall–Kier alpha value is -12.9. The number of H-pyrrole nitrogens is 2. The maximum absolute atomic E-state index is 16.1. The molecule has 5 aliphatic rings. The minimum Gasteiger partial charge on any atom is -0.508 e. The van der Waals surface area contributed by atoms with E-state index in [0.29, 0.717) is 89.9 Å². The molecule has 40 heteroatoms. The predicted octanol–water partition coefficient (Wildman–Crippen LogP) is 2.29. The summed E-state index contributed by atoms with van der Waals surface area (Å²) in [5.74, 6) is -14.2. The summed E-state index contributed by atoms with van der Waals surface area (Å²) in [6.45, 7) is 6.68. The number of imidazole rings is 1. The van der Waals surface area contributed by atoms with Crippen LogP contribution in [0.5, 0.6) is 5.75 Å². The minimum atomic E-state index is -2.10. The summed E-state index contributed by atoms with van der Waals surface area (Å²) in [6.07, 6.45) is 6.34. The summed E-state index contributed by atoms with van der Waals surface area (Å²) in [5, 5.41) is 66.7. The predicted molar refractivity (Wildman–Crippen MR) is 499 cm³/mol. The number of para-hydroxylation sites is 2. The summed E-state index contributed by atoms with van der Waals surface area (Å²) >= 11 is 0. The number of phenols is 1. The smallest absolute Gasteiger partial charge is 0.323 e. The van der Waals surface area contributed by atoms with Crippen molar-refractivity contribution in [2.24, 2.45) is 17.4 Å². The highest BCUT2D eigenvalue weighted by molar-refractivity contribution is 6.10. The fourth-order valence-corrected chi connectivity index (χ4v) is 19.3. The van der Waals surface area contributed by atoms with Crippen LogP contribution in [0.3, 0.4) is 0 Å². The van der Waals surface area contributed by atoms with Gasteiger partial charge in [-0.1, -0.05) is 102 Å². The number of fused-ring (bicyclic) bond motifs is 4. The molecule has 0 unspecified atom stereocenters. The van der Waals surface area contributed by atoms with Crippen LogP contribution in [0, 0.1) is 5.92 Å². The third-order valence-corrected chi connectivity index (χ3v) is 26.5. The molecule has 6 aromatic rings. The lowest BCUT2D eigenvalue weighted by Crippen LogP contribution is -2.61. The first-order valence-corrected chi connectivity index (χ1v) is 47.8. The first-order valence-electron chi connectivity index (χ1n) is 47.8. The number of hydrogen-bond donors (Lipinski definition) is 16. The zero-order valence-electron chi connectivity index (χ0n) is 78.4. The number of benzene rings is 3. The van der Waals surface area contributed by atoms with E-state index < -0.39 is 205 Å². The molecule has 0 aliphatic carbocycles. The molecule has 0 saturated carbocycles. The van der Waals surface area contributed by atoms with Gasteiger partial charge in [-0.05, 0) is 163 Å². The van der Waals surface area contributed by atoms with E-state index >= 15 is 52.7 Å². The Balaban J connectivity index is 0.974. The van der Waals surface area contributed by atoms with Crippen molar-refractivity contribution in [3.8, 4) is 5.75 Å². The number of aromatic nitrogens is 4. The van der Waals surface area contributed by atoms with Gasteiger partial charge >= 0.3 is 11.9 Å². The number of carbonyl (C=O) groups is 16. The SMILES string of the molecule is CCCC[C@H]1C(=O)N(C)[C@@H](CCCC)C(=O)N[C@@H](CC(C)C)C(=O)NCCCCC(=O)N[C@@H](Cc2ccc(O)cc2)C(=O)N2CCCC[C@H]2C(=O)N[C@@H](CC(=O)O)C(=O)N2CCC[C@H]2C(=O)N[C@@H](Cc2c[nH]cn2)C(=O)N[C@@H](CCCCN)C(=O)N2C[C@H](O)C[C@@]23C(=O)N3[C@@H](Cc2c[nH]c3ccccc23)C(=O)N[C@@H](CCCCN)C(=O)N[C@@H](Cc2cn(CC(=O)O)c3ccccc23)C(=O)N1C. The Kier molecular flexibility index (Phi) is 37.0. The van der Waals surface area contributed by atoms with Crippen molar-refractivity contribution in [2.45, 2.75) is 292 Å². The number of phenolic OH excluding ortho intramolecular Hbond substituents is 1. The van der Waals surface area contributed by atoms with E-state index in [9.17, 15) is 44.4 Å². The molecule has 8 heterocycles. The van der Waals surface area contributed by atoms with Gasteiger partial charge in [0, 0.05) is 119 Å². The summed E-state index contributed by atoms with van der Waals surface area (Å²) in [6, 6.07) is 2.43. The van der Waals surface area contributed by atoms with E-state index in [1.54, 1.807) is 73.1 Å². The van der Waals surface area contributed by atoms with Crippen LogP contribution in [0.15, 0.2) is 97.7 Å². The monoisotopic (exact) mass is 1890 g/mol. The minimum absolute atomic E-state index is 0.00302. The molecular formula is C96H134N20O20. The first-order chi connectivity index (χ1) is 65.2. The van der Waals surface area contributed by atoms with E-state index in [2.05, 4.69) is 57.5 Å². The molecule has 40 nitrogen and oxygen atoms in total. The average Bonchev–Trinajstić information content (AvgIpc) is 1.51. The molecule has 5 aliphatic heterocycles. The number of aromatic hydroxyl groups is 1. The summed E-state index contributed by atoms with van der Waals surface area (Å²) in [4.78, 5) is 257. The number of nitrogens with two attached hydrogens (primary N) is 2. The van der Waals surface area contributed by atoms with Gasteiger partial charge in [0.2, 0.25) is 82.5 Å². The third-order valence-electron chi connectivity index (χ3n) is 26.5. The molecular weight excluding hydrogens is 1750 g/mol. The van der Waals surface area contributed by atoms with Gasteiger partial charge in [0.15, 0.2) is 0 Å². The van der Waals surface area contributed by atoms with Crippen LogP contribution >= 0.6 is 0 Å². The number of likely N-dealkylation sites (N-methyl/N-ethyl adjacent to an activating group) is 2. The van der Waals surface area contributed by atoms with Gasteiger partial charge in [0.05, 0.1) is 24.5 Å². The number of rotatable bonds is 28. The Morgan fingerprint density at radius 2 is 1.12 bits per heavy atom. The molecule has 14 atom stereocenters. The average molecular weight is 1890 g/mol. The van der Waals surface area contributed by atoms with E-state index in [-0.39, 0.29) is 159 Å². The van der Waals surface area contributed by atoms with Gasteiger partial charge < -0.3 is 113 Å². The van der Waals surface area contributed by atoms with Gasteiger partial charge in [-0.15, -0.1) is 0 Å². The summed E-state index contributed by atoms with van der Waals surface area (Å²) in [7, 11) is 2.84. The number of amides is 14. The quantitative estimate of drug-likeness (QED) is 0.0247. The first kappa shape index (κ1) is 104. The van der Waals surface area contributed by atoms with E-state index in [0.717, 1.165) is 14.7 Å². The zero-order chi connectivity index (χ0) is 98.2. The Labute approximate surface area is 789 Å². The number of nitrogens with one attached hydrogen (secondary N) is 10. The number of nitrogens with zero attached hydrogens (tertiary/aromatic N) is 8. The largest absolute Gasteiger partial charge is 0.508 e. The highest BCUT2D eigenvalue weighted by Crippen LogP contribution is 2.49. The van der Waals surface area contributed by atoms with E-state index in [1.807, 2.05) is 27.7 Å². The van der Waals surface area contributed by atoms with Gasteiger partial charge in [-0.3, -0.25) is 81.6 Å². The molecule has 14 amide bonds. The highest BCUT2D eigenvalue weighted by atomic mass is 16.4. The molecule has 5 saturated heterocycles. The van der Waals surface area contributed by atoms with Gasteiger partial charge in [-0.25, -0.2) is 4.98 Å². The van der Waals surface area contributed by atoms with Crippen LogP contribution in [0.2, 0.25) is 0 Å². The molecule has 3 aromatic carbocycles. The van der Waals surface area contributed by atoms with Crippen molar-refractivity contribution >= 4 is 116 Å². The number of aliphatic hydroxyl groups is 1. The van der Waals surface area contributed by atoms with E-state index in [1.165, 1.54) is 58.0 Å². The van der Waals surface area contributed by atoms with Crippen LogP contribution in [0.4, 0.5) is 0 Å². The fourth-order valence-electron chi connectivity index (χ4n) is 19.3. The Bertz CT molecular complexity index is 5240. The van der Waals surface area contributed by atoms with Crippen molar-refractivity contribution in [2.75, 3.05) is 53.4 Å². The molecule has 18 N–H and O–H groups in total. The van der Waals surface area contributed by atoms with Crippen molar-refractivity contribution in [3.63, 3.8) is 0 Å². The van der Waals surface area contributed by atoms with Crippen molar-refractivity contribution in [1.82, 2.24) is 91.5 Å². The lowest BCUT2D eigenvalue weighted by Gasteiger charge is -2.38. The van der Waals surface area contributed by atoms with Crippen LogP contribution in [0.25, 0.3) is 21.8 Å². The number of carboxylic acid groups (broad SMARTS) is 2. The molecule has 738 valence electrons. The third kappa shape index (κ3) is 26.0. The number of unbranched alkanes of at least 4 members (excludes halogenated alkanes) is 4. The number of carboxylic acids is 2. The molecule has 3 aromatic heterocycles. The van der Waals surface area contributed by atoms with Crippen LogP contribution in [-0.2, 0) is 109 Å². The lowest BCUT2D eigenvalue weighted by atomic mass is 9.97. The van der Waals surface area contributed by atoms with Crippen LogP contribution in [-0.4, -0.2) is 302 Å². The van der Waals surface area contributed by atoms with Gasteiger partial charge in [-0.2, -0.15) is 0 Å². The molecule has 136 heavy (non-hydrogen) atoms. The Morgan fingerprint density at radius 1 is 0.529 bits per heavy atom. The topological polar surface area (TPSA) is 571 Å². The maximum Gasteiger partial charge on any atom is 0.323 e. The number of aliphatic hydroxyl groups excluding tert-OH is 1. The summed E-state index contributed by atoms with van der Waals surface area (Å²) in [5.41, 5.74) is 12.9. The molecule has 5 fully saturated rings. The number of carbonyl (C=O) groups excluding carboxylic acids is 14. The second kappa shape index (κ2) is 48.6. The number of aliphatic carboxylic acids is 2. The zero-order valence-corrected chi connectivity index (χ0v) is 78.4. The van der Waals surface area contributed by atoms with Gasteiger partial charge in [0.1, 0.15) is 84.8 Å². The van der Waals surface area contributed by atoms with Crippen molar-refractivity contribution in [1.29, 1.82) is 0 Å². The maximum atomic E-state index is 16.1. The highest BCUT2D eigenvalue weighted by Gasteiger charge is 2.74. The number of hydrogen-bond acceptors (Lipinski definition) is 21. The molecule has 1 spiro atoms. The summed E-state index contributed by atoms with van der Waals surface area (Å²) < 4.78 is 1.48. The fraction of sp³-hybridized carbons (Fsp3) is 0.573. The second-order valence-corrected chi connectivity index (χ2v) is 36.9. The van der Waals surface area contributed by atoms with Gasteiger partial charge in [0.25, 0.3) is 5.91 Å². The normalized spacial score (nSPS) is 25.5. The van der Waals surface area contributed by atoms with Crippen molar-refractivity contribution < 1.29 is 97.1 Å². The van der Waals surface area contributed by atoms with Crippen molar-refractivity contribution in [3.05, 3.63) is 120 Å². The number of aromatic amines is 2. The van der Waals surface area contributed by atoms with Crippen LogP contribution < -0.4 is 54.0 Å². The second-order valence-electron chi connectivity index (χ2n) is 36.9. The number of piperidine rings is 1. The van der Waals surface area contributed by atoms with E-state index in [4.69, 9.17) is 11.5 Å². The Morgan fingerprint density at radius 3 is 1.78 bits per heavy atom. The standard InChI is InChI=1S/C96H134N20O20/c1-7-9-29-75-86(127)106-69(44-57(3)4)83(124)100-41-21-17-34-80(119)103-71(45-58-35-37-62(117)38-36-58)91(132)113-42-22-18-32-76(113)88(129)109-73(49-81(120)121)92(133)114-43-23-33-77(114)87(128)107-70(48-61-52-99-56-102-61)85(126)105-68(28-16-20-40-98)93(134)115-54-63(118)50-96(115)95(136)116(96)79(47-59-51-101-66-26-13-11-24-64(59)66)89(130)104-67(27-15-19-39-97)84(125)108-72(90(131)111(6)78(30-10-8-2)94(135)110(75)5)46-60-53-112(55-82(122)123)74-31-14-12-25-65(60)74/h11-14,24-26,31,35-38,51-53,56-57,63,67-73,75-79,101,117-118H,7-10,15-23,27-30,32-34,39-50,54-55,97-98H2,1-6H3,(H,99,102)(H,100,124)(H,103,119)(H,104,130)(H,105,126)(H,106,127)(H,107,128)(H,108,125)(H,109,129)(H,120,121)(H,122,123)/t63-,67+,68+,69+,70+,71+,72+,73+,75+,76+,77+,78+,79+,96-,116?/m1/s1. The lowest BCUT2D eigenvalue weighted by molar-refractivity contribution is -0.149. The molecule has 0 bridgehead atoms. The van der Waals surface area contributed by atoms with Crippen LogP contribution in [0.1, 0.15) is 198 Å². The molecule has 11 rings (SSSR count). The molecule has 0 radical (unpaired) electrons.